The minimum Gasteiger partial charge on any atom is -0.495 e. The Morgan fingerprint density at radius 1 is 1.27 bits per heavy atom. The van der Waals surface area contributed by atoms with Crippen molar-refractivity contribution in [3.8, 4) is 28.8 Å². The fraction of sp³-hybridized carbons (Fsp3) is 0.0476. The molecule has 0 fully saturated rings. The highest BCUT2D eigenvalue weighted by Crippen LogP contribution is 2.31. The number of halogens is 1. The second-order valence-electron chi connectivity index (χ2n) is 6.07. The van der Waals surface area contributed by atoms with Crippen LogP contribution in [-0.4, -0.2) is 28.1 Å². The Bertz CT molecular complexity index is 1240. The van der Waals surface area contributed by atoms with Crippen molar-refractivity contribution in [1.82, 2.24) is 14.8 Å². The number of aromatic nitrogens is 3. The first-order chi connectivity index (χ1) is 14.7. The molecule has 0 amide bonds. The second-order valence-corrected chi connectivity index (χ2v) is 6.48. The summed E-state index contributed by atoms with van der Waals surface area (Å²) in [5, 5.41) is 18.4. The summed E-state index contributed by atoms with van der Waals surface area (Å²) in [5.74, 6) is 0.743. The monoisotopic (exact) mass is 418 g/mol. The minimum absolute atomic E-state index is 0.120. The van der Waals surface area contributed by atoms with Gasteiger partial charge in [-0.2, -0.15) is 15.5 Å². The van der Waals surface area contributed by atoms with E-state index in [1.165, 1.54) is 6.39 Å². The van der Waals surface area contributed by atoms with Crippen LogP contribution in [0.15, 0.2) is 70.6 Å². The lowest BCUT2D eigenvalue weighted by Gasteiger charge is -2.05. The molecule has 8 nitrogen and oxygen atoms in total. The number of anilines is 1. The molecule has 0 radical (unpaired) electrons. The number of rotatable bonds is 6. The Morgan fingerprint density at radius 3 is 2.83 bits per heavy atom. The van der Waals surface area contributed by atoms with Crippen LogP contribution in [0.5, 0.6) is 5.75 Å². The average Bonchev–Trinajstić information content (AvgIpc) is 3.41. The van der Waals surface area contributed by atoms with Crippen LogP contribution in [0.1, 0.15) is 11.3 Å². The van der Waals surface area contributed by atoms with E-state index in [0.717, 1.165) is 16.8 Å². The van der Waals surface area contributed by atoms with Crippen molar-refractivity contribution in [2.24, 2.45) is 5.10 Å². The van der Waals surface area contributed by atoms with Crippen LogP contribution in [0.2, 0.25) is 5.02 Å². The number of benzene rings is 2. The molecule has 2 heterocycles. The van der Waals surface area contributed by atoms with Crippen LogP contribution in [0.25, 0.3) is 16.9 Å². The third-order valence-corrected chi connectivity index (χ3v) is 4.53. The first-order valence-corrected chi connectivity index (χ1v) is 9.19. The Morgan fingerprint density at radius 2 is 2.10 bits per heavy atom. The maximum absolute atomic E-state index is 9.01. The van der Waals surface area contributed by atoms with Crippen LogP contribution in [0.3, 0.4) is 0 Å². The van der Waals surface area contributed by atoms with Gasteiger partial charge in [0.1, 0.15) is 17.5 Å². The molecule has 30 heavy (non-hydrogen) atoms. The van der Waals surface area contributed by atoms with Crippen molar-refractivity contribution in [1.29, 1.82) is 5.26 Å². The first kappa shape index (κ1) is 19.2. The van der Waals surface area contributed by atoms with E-state index in [0.29, 0.717) is 16.5 Å². The maximum atomic E-state index is 9.01. The highest BCUT2D eigenvalue weighted by Gasteiger charge is 2.13. The molecule has 0 saturated heterocycles. The van der Waals surface area contributed by atoms with E-state index in [4.69, 9.17) is 31.1 Å². The third-order valence-electron chi connectivity index (χ3n) is 4.23. The number of hydrogen-bond donors (Lipinski definition) is 1. The van der Waals surface area contributed by atoms with Crippen LogP contribution in [0.4, 0.5) is 5.88 Å². The Balaban J connectivity index is 1.72. The quantitative estimate of drug-likeness (QED) is 0.365. The summed E-state index contributed by atoms with van der Waals surface area (Å²) in [6, 6.07) is 17.1. The van der Waals surface area contributed by atoms with Crippen molar-refractivity contribution >= 4 is 23.7 Å². The molecule has 0 aliphatic carbocycles. The lowest BCUT2D eigenvalue weighted by molar-refractivity contribution is 0.415. The van der Waals surface area contributed by atoms with Gasteiger partial charge < -0.3 is 9.15 Å². The van der Waals surface area contributed by atoms with Crippen molar-refractivity contribution < 1.29 is 9.15 Å². The molecule has 0 atom stereocenters. The predicted octanol–water partition coefficient (Wildman–Crippen LogP) is 4.51. The van der Waals surface area contributed by atoms with E-state index in [1.807, 2.05) is 48.7 Å². The number of nitriles is 1. The largest absolute Gasteiger partial charge is 0.495 e. The zero-order valence-electron chi connectivity index (χ0n) is 15.8. The van der Waals surface area contributed by atoms with Crippen molar-refractivity contribution in [3.05, 3.63) is 77.4 Å². The van der Waals surface area contributed by atoms with E-state index < -0.39 is 0 Å². The topological polar surface area (TPSA) is 101 Å². The number of para-hydroxylation sites is 1. The highest BCUT2D eigenvalue weighted by molar-refractivity contribution is 6.32. The van der Waals surface area contributed by atoms with Gasteiger partial charge in [0.2, 0.25) is 5.69 Å². The van der Waals surface area contributed by atoms with Crippen LogP contribution >= 0.6 is 11.6 Å². The number of oxazole rings is 1. The molecule has 0 saturated carbocycles. The molecule has 9 heteroatoms. The summed E-state index contributed by atoms with van der Waals surface area (Å²) in [6.07, 6.45) is 4.61. The third kappa shape index (κ3) is 3.87. The zero-order chi connectivity index (χ0) is 20.9. The lowest BCUT2D eigenvalue weighted by atomic mass is 10.1. The second kappa shape index (κ2) is 8.51. The molecular formula is C21H15ClN6O2. The zero-order valence-corrected chi connectivity index (χ0v) is 16.5. The van der Waals surface area contributed by atoms with E-state index in [-0.39, 0.29) is 11.6 Å². The number of hydrogen-bond acceptors (Lipinski definition) is 7. The molecule has 0 aliphatic rings. The number of methoxy groups -OCH3 is 1. The van der Waals surface area contributed by atoms with Gasteiger partial charge in [0.05, 0.1) is 24.0 Å². The van der Waals surface area contributed by atoms with Gasteiger partial charge in [-0.05, 0) is 30.3 Å². The lowest BCUT2D eigenvalue weighted by Crippen LogP contribution is -1.94. The number of nitrogens with one attached hydrogen (secondary N) is 1. The smallest absolute Gasteiger partial charge is 0.251 e. The van der Waals surface area contributed by atoms with Gasteiger partial charge in [-0.3, -0.25) is 0 Å². The fourth-order valence-electron chi connectivity index (χ4n) is 2.80. The van der Waals surface area contributed by atoms with E-state index in [2.05, 4.69) is 15.5 Å². The van der Waals surface area contributed by atoms with Gasteiger partial charge in [-0.15, -0.1) is 0 Å². The molecule has 4 rings (SSSR count). The van der Waals surface area contributed by atoms with Gasteiger partial charge in [-0.1, -0.05) is 29.8 Å². The first-order valence-electron chi connectivity index (χ1n) is 8.81. The summed E-state index contributed by atoms with van der Waals surface area (Å²) < 4.78 is 12.1. The fourth-order valence-corrected chi connectivity index (χ4v) is 3.06. The van der Waals surface area contributed by atoms with Crippen molar-refractivity contribution in [3.63, 3.8) is 0 Å². The van der Waals surface area contributed by atoms with Crippen LogP contribution in [-0.2, 0) is 0 Å². The Hall–Kier alpha value is -4.09. The summed E-state index contributed by atoms with van der Waals surface area (Å²) >= 11 is 6.31. The molecular weight excluding hydrogens is 404 g/mol. The minimum atomic E-state index is 0.120. The molecule has 0 unspecified atom stereocenters. The standard InChI is InChI=1S/C21H15ClN6O2/c1-29-19-8-7-14(9-17(19)22)20-15(11-25-26-21-18(10-23)24-13-30-21)12-28(27-20)16-5-3-2-4-6-16/h2-9,11-13,26H,1H3/b25-11+. The molecule has 4 aromatic rings. The molecule has 0 aliphatic heterocycles. The summed E-state index contributed by atoms with van der Waals surface area (Å²) in [4.78, 5) is 3.79. The Labute approximate surface area is 177 Å². The molecule has 0 spiro atoms. The Kier molecular flexibility index (Phi) is 5.46. The summed E-state index contributed by atoms with van der Waals surface area (Å²) in [7, 11) is 1.56. The maximum Gasteiger partial charge on any atom is 0.251 e. The van der Waals surface area contributed by atoms with E-state index >= 15 is 0 Å². The molecule has 0 bridgehead atoms. The predicted molar refractivity (Wildman–Crippen MR) is 113 cm³/mol. The molecule has 2 aromatic carbocycles. The highest BCUT2D eigenvalue weighted by atomic mass is 35.5. The molecule has 2 aromatic heterocycles. The average molecular weight is 419 g/mol. The van der Waals surface area contributed by atoms with Gasteiger partial charge >= 0.3 is 0 Å². The van der Waals surface area contributed by atoms with Crippen molar-refractivity contribution in [2.45, 2.75) is 0 Å². The SMILES string of the molecule is COc1ccc(-c2nn(-c3ccccc3)cc2/C=N/Nc2ocnc2C#N)cc1Cl. The van der Waals surface area contributed by atoms with Crippen molar-refractivity contribution in [2.75, 3.05) is 12.5 Å². The molecule has 148 valence electrons. The number of hydrazone groups is 1. The van der Waals surface area contributed by atoms with Gasteiger partial charge in [0, 0.05) is 17.3 Å². The van der Waals surface area contributed by atoms with Crippen LogP contribution < -0.4 is 10.2 Å². The van der Waals surface area contributed by atoms with Gasteiger partial charge in [-0.25, -0.2) is 15.1 Å². The number of nitrogens with zero attached hydrogens (tertiary/aromatic N) is 5. The summed E-state index contributed by atoms with van der Waals surface area (Å²) in [5.41, 5.74) is 5.90. The number of ether oxygens (including phenoxy) is 1. The van der Waals surface area contributed by atoms with E-state index in [9.17, 15) is 0 Å². The summed E-state index contributed by atoms with van der Waals surface area (Å²) in [6.45, 7) is 0. The van der Waals surface area contributed by atoms with Gasteiger partial charge in [0.15, 0.2) is 6.39 Å². The van der Waals surface area contributed by atoms with Crippen LogP contribution in [0, 0.1) is 11.3 Å². The van der Waals surface area contributed by atoms with Gasteiger partial charge in [0.25, 0.3) is 5.88 Å². The molecule has 1 N–H and O–H groups in total. The normalized spacial score (nSPS) is 10.8. The van der Waals surface area contributed by atoms with E-state index in [1.54, 1.807) is 30.1 Å².